The molecule has 1 aromatic rings. The number of amidine groups is 1. The highest BCUT2D eigenvalue weighted by molar-refractivity contribution is 8.13. The first-order valence-electron chi connectivity index (χ1n) is 12.6. The van der Waals surface area contributed by atoms with Gasteiger partial charge in [-0.1, -0.05) is 50.3 Å². The zero-order chi connectivity index (χ0) is 22.2. The van der Waals surface area contributed by atoms with E-state index >= 15 is 0 Å². The fourth-order valence-electron chi connectivity index (χ4n) is 5.39. The van der Waals surface area contributed by atoms with Crippen molar-refractivity contribution in [3.05, 3.63) is 24.3 Å². The number of hydrogen-bond donors (Lipinski definition) is 2. The minimum atomic E-state index is 0.230. The maximum Gasteiger partial charge on any atom is 0.222 e. The van der Waals surface area contributed by atoms with Gasteiger partial charge in [0.05, 0.1) is 5.69 Å². The Morgan fingerprint density at radius 1 is 0.844 bits per heavy atom. The number of aliphatic imine (C=N–C) groups is 2. The third-order valence-electron chi connectivity index (χ3n) is 7.28. The molecule has 3 aliphatic rings. The highest BCUT2D eigenvalue weighted by Gasteiger charge is 2.26. The van der Waals surface area contributed by atoms with Crippen molar-refractivity contribution in [2.75, 3.05) is 36.8 Å². The molecule has 0 atom stereocenters. The van der Waals surface area contributed by atoms with Crippen LogP contribution in [0.3, 0.4) is 0 Å². The van der Waals surface area contributed by atoms with E-state index < -0.39 is 0 Å². The van der Waals surface area contributed by atoms with Crippen molar-refractivity contribution in [2.24, 2.45) is 27.4 Å². The van der Waals surface area contributed by atoms with Gasteiger partial charge in [-0.3, -0.25) is 4.90 Å². The lowest BCUT2D eigenvalue weighted by molar-refractivity contribution is 0.187. The average Bonchev–Trinajstić information content (AvgIpc) is 3.22. The summed E-state index contributed by atoms with van der Waals surface area (Å²) in [4.78, 5) is 13.9. The van der Waals surface area contributed by atoms with Crippen molar-refractivity contribution in [3.63, 3.8) is 0 Å². The summed E-state index contributed by atoms with van der Waals surface area (Å²) in [5.74, 6) is 2.02. The van der Waals surface area contributed by atoms with E-state index in [1.54, 1.807) is 11.8 Å². The molecule has 0 aromatic heterocycles. The van der Waals surface area contributed by atoms with Crippen LogP contribution < -0.4 is 16.4 Å². The van der Waals surface area contributed by atoms with Gasteiger partial charge in [-0.05, 0) is 55.9 Å². The van der Waals surface area contributed by atoms with Gasteiger partial charge in [0.25, 0.3) is 0 Å². The topological polar surface area (TPSA) is 83.2 Å². The normalized spacial score (nSPS) is 22.9. The lowest BCUT2D eigenvalue weighted by Gasteiger charge is -2.39. The molecule has 0 spiro atoms. The van der Waals surface area contributed by atoms with Gasteiger partial charge in [-0.2, -0.15) is 4.99 Å². The van der Waals surface area contributed by atoms with Gasteiger partial charge in [0.15, 0.2) is 5.17 Å². The zero-order valence-electron chi connectivity index (χ0n) is 19.4. The second-order valence-corrected chi connectivity index (χ2v) is 10.6. The van der Waals surface area contributed by atoms with Crippen LogP contribution in [0.2, 0.25) is 0 Å². The molecule has 4 N–H and O–H groups in total. The molecule has 176 valence electrons. The Morgan fingerprint density at radius 2 is 1.47 bits per heavy atom. The van der Waals surface area contributed by atoms with Gasteiger partial charge in [-0.25, -0.2) is 4.99 Å². The van der Waals surface area contributed by atoms with Crippen molar-refractivity contribution in [2.45, 2.75) is 70.3 Å². The Labute approximate surface area is 197 Å². The van der Waals surface area contributed by atoms with E-state index in [0.29, 0.717) is 5.17 Å². The Hall–Kier alpha value is -1.73. The second-order valence-electron chi connectivity index (χ2n) is 9.57. The summed E-state index contributed by atoms with van der Waals surface area (Å²) < 4.78 is 0. The molecule has 0 bridgehead atoms. The van der Waals surface area contributed by atoms with Crippen LogP contribution in [-0.4, -0.2) is 54.0 Å². The Kier molecular flexibility index (Phi) is 8.74. The van der Waals surface area contributed by atoms with Crippen LogP contribution in [-0.2, 0) is 0 Å². The number of thioether (sulfide) groups is 1. The van der Waals surface area contributed by atoms with Gasteiger partial charge >= 0.3 is 0 Å². The summed E-state index contributed by atoms with van der Waals surface area (Å²) in [6.07, 6.45) is 13.7. The Balaban J connectivity index is 1.25. The van der Waals surface area contributed by atoms with Crippen LogP contribution in [0, 0.1) is 5.92 Å². The van der Waals surface area contributed by atoms with E-state index in [9.17, 15) is 0 Å². The van der Waals surface area contributed by atoms with Crippen molar-refractivity contribution < 1.29 is 0 Å². The molecule has 7 heteroatoms. The van der Waals surface area contributed by atoms with Gasteiger partial charge in [-0.15, -0.1) is 0 Å². The fourth-order valence-corrected chi connectivity index (χ4v) is 6.29. The Bertz CT molecular complexity index is 755. The van der Waals surface area contributed by atoms with E-state index in [1.807, 2.05) is 12.1 Å². The zero-order valence-corrected chi connectivity index (χ0v) is 20.2. The maximum atomic E-state index is 6.10. The van der Waals surface area contributed by atoms with Gasteiger partial charge in [0.2, 0.25) is 5.96 Å². The first-order chi connectivity index (χ1) is 15.7. The summed E-state index contributed by atoms with van der Waals surface area (Å²) in [5.41, 5.74) is 14.2. The summed E-state index contributed by atoms with van der Waals surface area (Å²) in [6, 6.07) is 9.16. The van der Waals surface area contributed by atoms with E-state index in [1.165, 1.54) is 83.0 Å². The molecule has 0 radical (unpaired) electrons. The molecule has 1 saturated heterocycles. The number of nitrogens with zero attached hydrogens (tertiary/aromatic N) is 4. The number of piperazine rings is 1. The standard InChI is InChI=1S/C25H40N6S/c26-24(29-25(27)32-19-20-7-3-1-2-4-8-20)28-21-11-13-23(14-12-21)31-17-15-30(16-18-31)22-9-5-6-10-22/h11-14,20,22H,1-10,15-19H2,(H4,26,27,28,29). The molecule has 0 unspecified atom stereocenters. The molecule has 1 aromatic carbocycles. The quantitative estimate of drug-likeness (QED) is 0.381. The van der Waals surface area contributed by atoms with Gasteiger partial charge < -0.3 is 16.4 Å². The van der Waals surface area contributed by atoms with Crippen LogP contribution in [0.1, 0.15) is 64.2 Å². The largest absolute Gasteiger partial charge is 0.378 e. The first-order valence-corrected chi connectivity index (χ1v) is 13.6. The number of anilines is 1. The lowest BCUT2D eigenvalue weighted by Crippen LogP contribution is -2.49. The molecule has 1 heterocycles. The van der Waals surface area contributed by atoms with E-state index in [2.05, 4.69) is 31.9 Å². The minimum absolute atomic E-state index is 0.230. The third-order valence-corrected chi connectivity index (χ3v) is 8.31. The molecule has 32 heavy (non-hydrogen) atoms. The SMILES string of the molecule is NC(=Nc1ccc(N2CCN(C3CCCC3)CC2)cc1)/N=C(\N)SCC1CCCCCC1. The van der Waals surface area contributed by atoms with Crippen LogP contribution in [0.15, 0.2) is 34.3 Å². The number of benzene rings is 1. The van der Waals surface area contributed by atoms with Crippen LogP contribution >= 0.6 is 11.8 Å². The average molecular weight is 457 g/mol. The second kappa shape index (κ2) is 11.9. The highest BCUT2D eigenvalue weighted by atomic mass is 32.2. The highest BCUT2D eigenvalue weighted by Crippen LogP contribution is 2.27. The van der Waals surface area contributed by atoms with Crippen LogP contribution in [0.25, 0.3) is 0 Å². The van der Waals surface area contributed by atoms with Gasteiger partial charge in [0.1, 0.15) is 0 Å². The molecule has 3 fully saturated rings. The summed E-state index contributed by atoms with van der Waals surface area (Å²) in [6.45, 7) is 4.54. The van der Waals surface area contributed by atoms with Crippen LogP contribution in [0.4, 0.5) is 11.4 Å². The van der Waals surface area contributed by atoms with E-state index in [-0.39, 0.29) is 5.96 Å². The molecule has 2 aliphatic carbocycles. The van der Waals surface area contributed by atoms with Crippen molar-refractivity contribution in [3.8, 4) is 0 Å². The third kappa shape index (κ3) is 6.88. The maximum absolute atomic E-state index is 6.10. The van der Waals surface area contributed by atoms with Crippen LogP contribution in [0.5, 0.6) is 0 Å². The number of hydrogen-bond acceptors (Lipinski definition) is 4. The summed E-state index contributed by atoms with van der Waals surface area (Å²) in [7, 11) is 0. The Morgan fingerprint density at radius 3 is 2.12 bits per heavy atom. The van der Waals surface area contributed by atoms with E-state index in [4.69, 9.17) is 11.5 Å². The number of nitrogens with two attached hydrogens (primary N) is 2. The van der Waals surface area contributed by atoms with Crippen molar-refractivity contribution in [1.29, 1.82) is 0 Å². The van der Waals surface area contributed by atoms with E-state index in [0.717, 1.165) is 36.5 Å². The molecular formula is C25H40N6S. The summed E-state index contributed by atoms with van der Waals surface area (Å²) in [5, 5.41) is 0.521. The van der Waals surface area contributed by atoms with Gasteiger partial charge in [0, 0.05) is 43.7 Å². The molecule has 0 amide bonds. The van der Waals surface area contributed by atoms with Crippen molar-refractivity contribution in [1.82, 2.24) is 4.90 Å². The summed E-state index contributed by atoms with van der Waals surface area (Å²) >= 11 is 1.62. The molecule has 2 saturated carbocycles. The number of guanidine groups is 1. The molecule has 1 aliphatic heterocycles. The van der Waals surface area contributed by atoms with Crippen molar-refractivity contribution >= 4 is 34.3 Å². The number of rotatable bonds is 5. The molecule has 6 nitrogen and oxygen atoms in total. The lowest BCUT2D eigenvalue weighted by atomic mass is 10.0. The monoisotopic (exact) mass is 456 g/mol. The molecular weight excluding hydrogens is 416 g/mol. The minimum Gasteiger partial charge on any atom is -0.378 e. The smallest absolute Gasteiger partial charge is 0.222 e. The fraction of sp³-hybridized carbons (Fsp3) is 0.680. The predicted octanol–water partition coefficient (Wildman–Crippen LogP) is 4.72. The predicted molar refractivity (Wildman–Crippen MR) is 139 cm³/mol. The molecule has 4 rings (SSSR count). The first kappa shape index (κ1) is 23.4.